The van der Waals surface area contributed by atoms with Crippen LogP contribution in [0.1, 0.15) is 5.56 Å². The minimum Gasteiger partial charge on any atom is -0.496 e. The zero-order chi connectivity index (χ0) is 10.4. The average molecular weight is 195 g/mol. The highest BCUT2D eigenvalue weighted by atomic mass is 19.1. The molecule has 0 amide bonds. The molecule has 3 heteroatoms. The molecule has 0 heterocycles. The molecular weight excluding hydrogens is 181 g/mol. The van der Waals surface area contributed by atoms with Crippen LogP contribution < -0.4 is 10.1 Å². The fraction of sp³-hybridized carbons (Fsp3) is 0.273. The van der Waals surface area contributed by atoms with Gasteiger partial charge >= 0.3 is 0 Å². The van der Waals surface area contributed by atoms with Gasteiger partial charge in [-0.15, -0.1) is 0 Å². The van der Waals surface area contributed by atoms with E-state index in [0.717, 1.165) is 0 Å². The molecule has 1 aromatic carbocycles. The molecule has 0 saturated carbocycles. The monoisotopic (exact) mass is 195 g/mol. The van der Waals surface area contributed by atoms with Crippen LogP contribution in [0.5, 0.6) is 5.75 Å². The van der Waals surface area contributed by atoms with Crippen molar-refractivity contribution >= 4 is 6.08 Å². The van der Waals surface area contributed by atoms with Crippen LogP contribution in [0.3, 0.4) is 0 Å². The molecule has 0 saturated heterocycles. The van der Waals surface area contributed by atoms with Gasteiger partial charge in [-0.2, -0.15) is 0 Å². The molecule has 0 aliphatic rings. The van der Waals surface area contributed by atoms with Gasteiger partial charge in [0.1, 0.15) is 11.6 Å². The van der Waals surface area contributed by atoms with Crippen molar-refractivity contribution in [3.8, 4) is 5.75 Å². The van der Waals surface area contributed by atoms with Crippen LogP contribution in [0.2, 0.25) is 0 Å². The summed E-state index contributed by atoms with van der Waals surface area (Å²) in [5, 5.41) is 2.94. The molecule has 1 N–H and O–H groups in total. The topological polar surface area (TPSA) is 21.3 Å². The summed E-state index contributed by atoms with van der Waals surface area (Å²) < 4.78 is 18.4. The van der Waals surface area contributed by atoms with Gasteiger partial charge in [-0.1, -0.05) is 18.2 Å². The van der Waals surface area contributed by atoms with Crippen LogP contribution in [0.15, 0.2) is 24.3 Å². The average Bonchev–Trinajstić information content (AvgIpc) is 2.20. The molecular formula is C11H14FNO. The van der Waals surface area contributed by atoms with E-state index in [2.05, 4.69) is 5.32 Å². The Morgan fingerprint density at radius 3 is 2.93 bits per heavy atom. The predicted molar refractivity (Wildman–Crippen MR) is 55.9 cm³/mol. The second-order valence-corrected chi connectivity index (χ2v) is 2.82. The van der Waals surface area contributed by atoms with E-state index in [1.54, 1.807) is 18.2 Å². The summed E-state index contributed by atoms with van der Waals surface area (Å²) in [7, 11) is 3.37. The Balaban J connectivity index is 2.93. The van der Waals surface area contributed by atoms with E-state index in [-0.39, 0.29) is 5.82 Å². The highest BCUT2D eigenvalue weighted by Gasteiger charge is 2.04. The number of likely N-dealkylation sites (N-methyl/N-ethyl adjacent to an activating group) is 1. The fourth-order valence-corrected chi connectivity index (χ4v) is 1.15. The van der Waals surface area contributed by atoms with Crippen LogP contribution in [0.25, 0.3) is 6.08 Å². The summed E-state index contributed by atoms with van der Waals surface area (Å²) in [5.41, 5.74) is 0.491. The first-order valence-electron chi connectivity index (χ1n) is 4.43. The van der Waals surface area contributed by atoms with E-state index in [1.807, 2.05) is 13.1 Å². The Bertz CT molecular complexity index is 323. The van der Waals surface area contributed by atoms with Crippen molar-refractivity contribution < 1.29 is 9.13 Å². The van der Waals surface area contributed by atoms with Crippen LogP contribution in [-0.2, 0) is 0 Å². The Morgan fingerprint density at radius 1 is 1.50 bits per heavy atom. The van der Waals surface area contributed by atoms with E-state index in [1.165, 1.54) is 13.2 Å². The lowest BCUT2D eigenvalue weighted by atomic mass is 10.1. The quantitative estimate of drug-likeness (QED) is 0.794. The first kappa shape index (κ1) is 10.7. The number of halogens is 1. The third-order valence-corrected chi connectivity index (χ3v) is 1.84. The van der Waals surface area contributed by atoms with Gasteiger partial charge in [0.05, 0.1) is 12.7 Å². The van der Waals surface area contributed by atoms with Crippen molar-refractivity contribution in [2.75, 3.05) is 20.7 Å². The first-order chi connectivity index (χ1) is 6.79. The van der Waals surface area contributed by atoms with Gasteiger partial charge in [0.2, 0.25) is 0 Å². The van der Waals surface area contributed by atoms with Gasteiger partial charge in [0, 0.05) is 6.54 Å². The molecule has 0 aliphatic heterocycles. The zero-order valence-corrected chi connectivity index (χ0v) is 8.38. The molecule has 0 aromatic heterocycles. The van der Waals surface area contributed by atoms with E-state index in [0.29, 0.717) is 17.9 Å². The molecule has 76 valence electrons. The standard InChI is InChI=1S/C11H14FNO/c1-13-8-4-5-9-10(12)6-3-7-11(9)14-2/h3-7,13H,8H2,1-2H3. The molecule has 0 spiro atoms. The third kappa shape index (κ3) is 2.57. The number of nitrogens with one attached hydrogen (secondary N) is 1. The summed E-state index contributed by atoms with van der Waals surface area (Å²) in [4.78, 5) is 0. The third-order valence-electron chi connectivity index (χ3n) is 1.84. The van der Waals surface area contributed by atoms with Gasteiger partial charge in [-0.25, -0.2) is 4.39 Å². The van der Waals surface area contributed by atoms with Gasteiger partial charge < -0.3 is 10.1 Å². The highest BCUT2D eigenvalue weighted by molar-refractivity contribution is 5.58. The number of ether oxygens (including phenoxy) is 1. The second-order valence-electron chi connectivity index (χ2n) is 2.82. The van der Waals surface area contributed by atoms with Crippen molar-refractivity contribution in [3.05, 3.63) is 35.7 Å². The maximum Gasteiger partial charge on any atom is 0.134 e. The molecule has 14 heavy (non-hydrogen) atoms. The lowest BCUT2D eigenvalue weighted by Crippen LogP contribution is -2.03. The maximum atomic E-state index is 13.3. The number of hydrogen-bond acceptors (Lipinski definition) is 2. The van der Waals surface area contributed by atoms with Crippen LogP contribution in [0.4, 0.5) is 4.39 Å². The SMILES string of the molecule is CNCC=Cc1c(F)cccc1OC. The van der Waals surface area contributed by atoms with Gasteiger partial charge in [0.15, 0.2) is 0 Å². The van der Waals surface area contributed by atoms with Crippen molar-refractivity contribution in [3.63, 3.8) is 0 Å². The van der Waals surface area contributed by atoms with Gasteiger partial charge in [-0.3, -0.25) is 0 Å². The zero-order valence-electron chi connectivity index (χ0n) is 8.38. The number of hydrogen-bond donors (Lipinski definition) is 1. The summed E-state index contributed by atoms with van der Waals surface area (Å²) in [5.74, 6) is 0.286. The van der Waals surface area contributed by atoms with Crippen LogP contribution >= 0.6 is 0 Å². The summed E-state index contributed by atoms with van der Waals surface area (Å²) in [6, 6.07) is 4.78. The van der Waals surface area contributed by atoms with Crippen LogP contribution in [-0.4, -0.2) is 20.7 Å². The smallest absolute Gasteiger partial charge is 0.134 e. The second kappa shape index (κ2) is 5.40. The summed E-state index contributed by atoms with van der Waals surface area (Å²) in [6.07, 6.45) is 3.56. The highest BCUT2D eigenvalue weighted by Crippen LogP contribution is 2.22. The molecule has 0 aliphatic carbocycles. The van der Waals surface area contributed by atoms with Crippen molar-refractivity contribution in [2.45, 2.75) is 0 Å². The van der Waals surface area contributed by atoms with Gasteiger partial charge in [-0.05, 0) is 19.2 Å². The molecule has 0 unspecified atom stereocenters. The summed E-state index contributed by atoms with van der Waals surface area (Å²) in [6.45, 7) is 0.706. The number of methoxy groups -OCH3 is 1. The van der Waals surface area contributed by atoms with Gasteiger partial charge in [0.25, 0.3) is 0 Å². The van der Waals surface area contributed by atoms with Crippen molar-refractivity contribution in [2.24, 2.45) is 0 Å². The van der Waals surface area contributed by atoms with Crippen molar-refractivity contribution in [1.82, 2.24) is 5.32 Å². The van der Waals surface area contributed by atoms with E-state index in [9.17, 15) is 4.39 Å². The lowest BCUT2D eigenvalue weighted by Gasteiger charge is -2.04. The number of benzene rings is 1. The fourth-order valence-electron chi connectivity index (χ4n) is 1.15. The lowest BCUT2D eigenvalue weighted by molar-refractivity contribution is 0.410. The summed E-state index contributed by atoms with van der Waals surface area (Å²) >= 11 is 0. The minimum atomic E-state index is -0.267. The molecule has 0 atom stereocenters. The Hall–Kier alpha value is -1.35. The number of rotatable bonds is 4. The molecule has 0 bridgehead atoms. The maximum absolute atomic E-state index is 13.3. The molecule has 1 rings (SSSR count). The Morgan fingerprint density at radius 2 is 2.29 bits per heavy atom. The molecule has 0 fully saturated rings. The molecule has 2 nitrogen and oxygen atoms in total. The van der Waals surface area contributed by atoms with E-state index in [4.69, 9.17) is 4.74 Å². The van der Waals surface area contributed by atoms with E-state index >= 15 is 0 Å². The normalized spacial score (nSPS) is 10.8. The molecule has 1 aromatic rings. The Kier molecular flexibility index (Phi) is 4.13. The molecule has 0 radical (unpaired) electrons. The first-order valence-corrected chi connectivity index (χ1v) is 4.43. The van der Waals surface area contributed by atoms with Crippen LogP contribution in [0, 0.1) is 5.82 Å². The predicted octanol–water partition coefficient (Wildman–Crippen LogP) is 2.07. The van der Waals surface area contributed by atoms with Crippen molar-refractivity contribution in [1.29, 1.82) is 0 Å². The largest absolute Gasteiger partial charge is 0.496 e. The minimum absolute atomic E-state index is 0.267. The van der Waals surface area contributed by atoms with E-state index < -0.39 is 0 Å². The Labute approximate surface area is 83.4 Å².